The van der Waals surface area contributed by atoms with Gasteiger partial charge in [-0.25, -0.2) is 4.39 Å². The van der Waals surface area contributed by atoms with Gasteiger partial charge in [-0.1, -0.05) is 6.08 Å². The third-order valence-electron chi connectivity index (χ3n) is 0.0891. The molecular weight excluding hydrogens is 55.0 g/mol. The van der Waals surface area contributed by atoms with E-state index in [-0.39, 0.29) is 0 Å². The highest BCUT2D eigenvalue weighted by atomic mass is 19.1. The first-order valence-corrected chi connectivity index (χ1v) is 0.960. The third kappa shape index (κ3) is 1.67. The zero-order valence-electron chi connectivity index (χ0n) is 2.24. The van der Waals surface area contributed by atoms with Crippen LogP contribution in [0.4, 0.5) is 4.39 Å². The summed E-state index contributed by atoms with van der Waals surface area (Å²) in [6.45, 7) is 3.05. The first-order valence-electron chi connectivity index (χ1n) is 0.960. The Kier molecular flexibility index (Phi) is 2.45. The van der Waals surface area contributed by atoms with Gasteiger partial charge < -0.3 is 0 Å². The van der Waals surface area contributed by atoms with E-state index in [0.29, 0.717) is 6.33 Å². The van der Waals surface area contributed by atoms with Crippen molar-refractivity contribution in [1.82, 2.24) is 0 Å². The van der Waals surface area contributed by atoms with Gasteiger partial charge in [0.05, 0.1) is 6.33 Å². The zero-order valence-corrected chi connectivity index (χ0v) is 2.24. The highest BCUT2D eigenvalue weighted by Gasteiger charge is 1.39. The quantitative estimate of drug-likeness (QED) is 0.394. The van der Waals surface area contributed by atoms with Gasteiger partial charge in [0.1, 0.15) is 0 Å². The van der Waals surface area contributed by atoms with Crippen LogP contribution in [0.1, 0.15) is 0 Å². The molecule has 0 N–H and O–H groups in total. The maximum atomic E-state index is 10.5. The molecule has 0 aromatic heterocycles. The molecule has 0 spiro atoms. The SMILES string of the molecule is [CH2]/C=C/F. The molecule has 0 atom stereocenters. The fraction of sp³-hybridized carbons (Fsp3) is 0. The lowest BCUT2D eigenvalue weighted by Crippen LogP contribution is -1.24. The van der Waals surface area contributed by atoms with E-state index in [1.165, 1.54) is 0 Å². The fourth-order valence-corrected chi connectivity index (χ4v) is 0. The Bertz CT molecular complexity index is 18.5. The van der Waals surface area contributed by atoms with Crippen molar-refractivity contribution >= 4 is 0 Å². The van der Waals surface area contributed by atoms with Gasteiger partial charge in [-0.05, 0) is 6.92 Å². The van der Waals surface area contributed by atoms with E-state index in [9.17, 15) is 4.39 Å². The number of rotatable bonds is 0. The lowest BCUT2D eigenvalue weighted by atomic mass is 10.8. The highest BCUT2D eigenvalue weighted by molar-refractivity contribution is 4.72. The first-order chi connectivity index (χ1) is 1.91. The van der Waals surface area contributed by atoms with Gasteiger partial charge in [-0.15, -0.1) is 0 Å². The molecule has 0 unspecified atom stereocenters. The molecule has 1 heteroatoms. The summed E-state index contributed by atoms with van der Waals surface area (Å²) in [4.78, 5) is 0. The molecule has 0 aliphatic heterocycles. The van der Waals surface area contributed by atoms with Crippen LogP contribution in [0.25, 0.3) is 0 Å². The molecule has 0 aliphatic rings. The van der Waals surface area contributed by atoms with Gasteiger partial charge in [0.25, 0.3) is 0 Å². The van der Waals surface area contributed by atoms with Crippen molar-refractivity contribution in [1.29, 1.82) is 0 Å². The summed E-state index contributed by atoms with van der Waals surface area (Å²) in [5.74, 6) is 0. The Balaban J connectivity index is 2.55. The Morgan fingerprint density at radius 1 is 1.75 bits per heavy atom. The molecule has 0 aromatic carbocycles. The minimum Gasteiger partial charge on any atom is -0.216 e. The average molecular weight is 59.1 g/mol. The van der Waals surface area contributed by atoms with Crippen LogP contribution >= 0.6 is 0 Å². The molecule has 0 heterocycles. The predicted molar refractivity (Wildman–Crippen MR) is 15.6 cm³/mol. The van der Waals surface area contributed by atoms with Crippen LogP contribution in [-0.4, -0.2) is 0 Å². The average Bonchev–Trinajstić information content (AvgIpc) is 1.37. The van der Waals surface area contributed by atoms with E-state index in [0.717, 1.165) is 6.08 Å². The van der Waals surface area contributed by atoms with Gasteiger partial charge >= 0.3 is 0 Å². The number of hydrogen-bond donors (Lipinski definition) is 0. The van der Waals surface area contributed by atoms with Crippen LogP contribution in [0.2, 0.25) is 0 Å². The monoisotopic (exact) mass is 59.0 g/mol. The van der Waals surface area contributed by atoms with Crippen LogP contribution in [0.15, 0.2) is 12.4 Å². The molecule has 0 nitrogen and oxygen atoms in total. The fourth-order valence-electron chi connectivity index (χ4n) is 0. The van der Waals surface area contributed by atoms with E-state index in [4.69, 9.17) is 0 Å². The number of allylic oxidation sites excluding steroid dienone is 1. The van der Waals surface area contributed by atoms with Crippen LogP contribution in [-0.2, 0) is 0 Å². The number of hydrogen-bond acceptors (Lipinski definition) is 0. The molecule has 0 amide bonds. The van der Waals surface area contributed by atoms with Crippen molar-refractivity contribution in [2.45, 2.75) is 0 Å². The minimum absolute atomic E-state index is 0.389. The standard InChI is InChI=1S/C3H4F/c1-2-3-4/h2-3H,1H2/b3-2+. The molecule has 0 aliphatic carbocycles. The molecule has 0 bridgehead atoms. The van der Waals surface area contributed by atoms with Crippen molar-refractivity contribution in [3.63, 3.8) is 0 Å². The topological polar surface area (TPSA) is 0 Å². The Morgan fingerprint density at radius 2 is 2.00 bits per heavy atom. The lowest BCUT2D eigenvalue weighted by molar-refractivity contribution is 0.721. The summed E-state index contributed by atoms with van der Waals surface area (Å²) >= 11 is 0. The van der Waals surface area contributed by atoms with Crippen LogP contribution < -0.4 is 0 Å². The molecular formula is C3H4F. The van der Waals surface area contributed by atoms with Crippen molar-refractivity contribution in [3.8, 4) is 0 Å². The molecule has 0 fully saturated rings. The molecule has 1 radical (unpaired) electrons. The van der Waals surface area contributed by atoms with Crippen LogP contribution in [0, 0.1) is 6.92 Å². The second kappa shape index (κ2) is 2.67. The normalized spacial score (nSPS) is 9.50. The Labute approximate surface area is 24.9 Å². The van der Waals surface area contributed by atoms with Gasteiger partial charge in [0.2, 0.25) is 0 Å². The van der Waals surface area contributed by atoms with E-state index in [2.05, 4.69) is 6.92 Å². The van der Waals surface area contributed by atoms with Crippen molar-refractivity contribution in [3.05, 3.63) is 19.3 Å². The van der Waals surface area contributed by atoms with Crippen molar-refractivity contribution in [2.75, 3.05) is 0 Å². The Morgan fingerprint density at radius 3 is 2.00 bits per heavy atom. The van der Waals surface area contributed by atoms with Crippen molar-refractivity contribution in [2.24, 2.45) is 0 Å². The maximum absolute atomic E-state index is 10.5. The van der Waals surface area contributed by atoms with Gasteiger partial charge in [0.15, 0.2) is 0 Å². The molecule has 23 valence electrons. The molecule has 0 rings (SSSR count). The lowest BCUT2D eigenvalue weighted by Gasteiger charge is -1.45. The summed E-state index contributed by atoms with van der Waals surface area (Å²) in [6, 6.07) is 0. The summed E-state index contributed by atoms with van der Waals surface area (Å²) in [6.07, 6.45) is 1.47. The van der Waals surface area contributed by atoms with E-state index < -0.39 is 0 Å². The van der Waals surface area contributed by atoms with Gasteiger partial charge in [-0.2, -0.15) is 0 Å². The summed E-state index contributed by atoms with van der Waals surface area (Å²) in [5.41, 5.74) is 0. The third-order valence-corrected chi connectivity index (χ3v) is 0.0891. The zero-order chi connectivity index (χ0) is 3.41. The van der Waals surface area contributed by atoms with E-state index >= 15 is 0 Å². The van der Waals surface area contributed by atoms with Gasteiger partial charge in [0, 0.05) is 0 Å². The second-order valence-electron chi connectivity index (χ2n) is 0.362. The van der Waals surface area contributed by atoms with E-state index in [1.807, 2.05) is 0 Å². The summed E-state index contributed by atoms with van der Waals surface area (Å²) < 4.78 is 10.5. The molecule has 0 saturated carbocycles. The van der Waals surface area contributed by atoms with Crippen LogP contribution in [0.3, 0.4) is 0 Å². The highest BCUT2D eigenvalue weighted by Crippen LogP contribution is 1.61. The van der Waals surface area contributed by atoms with Gasteiger partial charge in [-0.3, -0.25) is 0 Å². The first kappa shape index (κ1) is 3.67. The van der Waals surface area contributed by atoms with Crippen molar-refractivity contribution < 1.29 is 4.39 Å². The molecule has 0 aromatic rings. The summed E-state index contributed by atoms with van der Waals surface area (Å²) in [5, 5.41) is 0. The summed E-state index contributed by atoms with van der Waals surface area (Å²) in [7, 11) is 0. The minimum atomic E-state index is 0.389. The second-order valence-corrected chi connectivity index (χ2v) is 0.362. The Hall–Kier alpha value is -0.330. The largest absolute Gasteiger partial charge is 0.216 e. The van der Waals surface area contributed by atoms with E-state index in [1.54, 1.807) is 0 Å². The van der Waals surface area contributed by atoms with Crippen LogP contribution in [0.5, 0.6) is 0 Å². The smallest absolute Gasteiger partial charge is 0.0827 e. The predicted octanol–water partition coefficient (Wildman–Crippen LogP) is 1.30. The maximum Gasteiger partial charge on any atom is 0.0827 e. The number of halogens is 1. The molecule has 0 saturated heterocycles. The molecule has 4 heavy (non-hydrogen) atoms.